The molecule has 76 valence electrons. The van der Waals surface area contributed by atoms with Crippen LogP contribution in [0.4, 0.5) is 0 Å². The smallest absolute Gasteiger partial charge is 0.188 e. The second kappa shape index (κ2) is 4.86. The Bertz CT molecular complexity index is 336. The van der Waals surface area contributed by atoms with Gasteiger partial charge in [0.15, 0.2) is 5.96 Å². The third-order valence-corrected chi connectivity index (χ3v) is 2.32. The molecule has 14 heavy (non-hydrogen) atoms. The van der Waals surface area contributed by atoms with Gasteiger partial charge < -0.3 is 11.1 Å². The largest absolute Gasteiger partial charge is 0.370 e. The van der Waals surface area contributed by atoms with E-state index in [1.807, 2.05) is 31.2 Å². The van der Waals surface area contributed by atoms with Crippen LogP contribution in [0, 0.1) is 0 Å². The van der Waals surface area contributed by atoms with Gasteiger partial charge in [-0.05, 0) is 18.6 Å². The van der Waals surface area contributed by atoms with Crippen molar-refractivity contribution in [1.82, 2.24) is 5.32 Å². The lowest BCUT2D eigenvalue weighted by atomic mass is 10.1. The summed E-state index contributed by atoms with van der Waals surface area (Å²) in [4.78, 5) is 3.82. The van der Waals surface area contributed by atoms with Crippen molar-refractivity contribution in [2.45, 2.75) is 13.0 Å². The zero-order chi connectivity index (χ0) is 10.6. The molecule has 1 aromatic rings. The van der Waals surface area contributed by atoms with Crippen LogP contribution in [0.25, 0.3) is 0 Å². The Balaban J connectivity index is 2.79. The van der Waals surface area contributed by atoms with Crippen LogP contribution in [0.1, 0.15) is 18.5 Å². The molecule has 0 aliphatic carbocycles. The fraction of sp³-hybridized carbons (Fsp3) is 0.300. The fourth-order valence-electron chi connectivity index (χ4n) is 1.19. The van der Waals surface area contributed by atoms with Crippen LogP contribution >= 0.6 is 11.6 Å². The normalized spacial score (nSPS) is 13.8. The quantitative estimate of drug-likeness (QED) is 0.580. The van der Waals surface area contributed by atoms with Crippen LogP contribution in [0.2, 0.25) is 5.02 Å². The molecule has 0 aromatic heterocycles. The number of hydrogen-bond acceptors (Lipinski definition) is 1. The van der Waals surface area contributed by atoms with Crippen LogP contribution in [0.5, 0.6) is 0 Å². The van der Waals surface area contributed by atoms with Crippen molar-refractivity contribution in [1.29, 1.82) is 0 Å². The van der Waals surface area contributed by atoms with Gasteiger partial charge in [-0.25, -0.2) is 0 Å². The number of nitrogens with zero attached hydrogens (tertiary/aromatic N) is 1. The summed E-state index contributed by atoms with van der Waals surface area (Å²) < 4.78 is 0. The maximum atomic E-state index is 6.03. The summed E-state index contributed by atoms with van der Waals surface area (Å²) in [6.45, 7) is 1.99. The monoisotopic (exact) mass is 211 g/mol. The molecule has 0 radical (unpaired) electrons. The number of aliphatic imine (C=N–C) groups is 1. The fourth-order valence-corrected chi connectivity index (χ4v) is 1.49. The Labute approximate surface area is 89.0 Å². The van der Waals surface area contributed by atoms with E-state index in [2.05, 4.69) is 10.3 Å². The lowest BCUT2D eigenvalue weighted by molar-refractivity contribution is 0.711. The predicted molar refractivity (Wildman–Crippen MR) is 60.5 cm³/mol. The second-order valence-electron chi connectivity index (χ2n) is 3.00. The Morgan fingerprint density at radius 2 is 2.14 bits per heavy atom. The van der Waals surface area contributed by atoms with Gasteiger partial charge in [0, 0.05) is 12.1 Å². The van der Waals surface area contributed by atoms with Crippen molar-refractivity contribution in [3.8, 4) is 0 Å². The first-order chi connectivity index (χ1) is 6.65. The van der Waals surface area contributed by atoms with Gasteiger partial charge >= 0.3 is 0 Å². The van der Waals surface area contributed by atoms with E-state index in [1.165, 1.54) is 0 Å². The van der Waals surface area contributed by atoms with Crippen LogP contribution in [0.3, 0.4) is 0 Å². The van der Waals surface area contributed by atoms with E-state index in [4.69, 9.17) is 17.3 Å². The average molecular weight is 212 g/mol. The van der Waals surface area contributed by atoms with Gasteiger partial charge in [-0.3, -0.25) is 4.99 Å². The maximum Gasteiger partial charge on any atom is 0.188 e. The molecule has 0 amide bonds. The molecule has 0 aliphatic heterocycles. The van der Waals surface area contributed by atoms with Crippen molar-refractivity contribution >= 4 is 17.6 Å². The summed E-state index contributed by atoms with van der Waals surface area (Å²) in [5.41, 5.74) is 6.57. The Morgan fingerprint density at radius 1 is 1.50 bits per heavy atom. The minimum absolute atomic E-state index is 0.0624. The molecule has 0 fully saturated rings. The summed E-state index contributed by atoms with van der Waals surface area (Å²) >= 11 is 6.03. The van der Waals surface area contributed by atoms with Crippen LogP contribution in [0.15, 0.2) is 29.3 Å². The molecule has 0 saturated carbocycles. The first-order valence-corrected chi connectivity index (χ1v) is 4.76. The van der Waals surface area contributed by atoms with Gasteiger partial charge in [0.25, 0.3) is 0 Å². The molecule has 0 aliphatic rings. The van der Waals surface area contributed by atoms with Gasteiger partial charge in [-0.15, -0.1) is 0 Å². The first-order valence-electron chi connectivity index (χ1n) is 4.38. The minimum atomic E-state index is 0.0624. The molecule has 3 N–H and O–H groups in total. The first kappa shape index (κ1) is 10.9. The van der Waals surface area contributed by atoms with Crippen molar-refractivity contribution < 1.29 is 0 Å². The summed E-state index contributed by atoms with van der Waals surface area (Å²) in [6, 6.07) is 7.72. The zero-order valence-electron chi connectivity index (χ0n) is 8.29. The maximum absolute atomic E-state index is 6.03. The molecular weight excluding hydrogens is 198 g/mol. The number of nitrogens with two attached hydrogens (primary N) is 1. The van der Waals surface area contributed by atoms with E-state index in [0.717, 1.165) is 10.6 Å². The van der Waals surface area contributed by atoms with Crippen LogP contribution in [-0.2, 0) is 0 Å². The number of hydrogen-bond donors (Lipinski definition) is 2. The topological polar surface area (TPSA) is 50.4 Å². The molecule has 4 heteroatoms. The van der Waals surface area contributed by atoms with Crippen molar-refractivity contribution in [3.63, 3.8) is 0 Å². The number of benzene rings is 1. The van der Waals surface area contributed by atoms with Crippen molar-refractivity contribution in [3.05, 3.63) is 34.9 Å². The molecule has 0 spiro atoms. The molecule has 0 unspecified atom stereocenters. The number of nitrogens with one attached hydrogen (secondary N) is 1. The van der Waals surface area contributed by atoms with Crippen molar-refractivity contribution in [2.24, 2.45) is 10.7 Å². The third kappa shape index (κ3) is 2.64. The van der Waals surface area contributed by atoms with E-state index in [0.29, 0.717) is 5.96 Å². The SMILES string of the molecule is CN=C(N)N[C@@H](C)c1ccccc1Cl. The highest BCUT2D eigenvalue weighted by molar-refractivity contribution is 6.31. The molecule has 1 aromatic carbocycles. The average Bonchev–Trinajstić information content (AvgIpc) is 2.18. The van der Waals surface area contributed by atoms with E-state index < -0.39 is 0 Å². The van der Waals surface area contributed by atoms with Gasteiger partial charge in [0.1, 0.15) is 0 Å². The number of guanidine groups is 1. The molecule has 0 saturated heterocycles. The lowest BCUT2D eigenvalue weighted by Gasteiger charge is -2.15. The summed E-state index contributed by atoms with van der Waals surface area (Å²) in [7, 11) is 1.64. The highest BCUT2D eigenvalue weighted by atomic mass is 35.5. The Hall–Kier alpha value is -1.22. The summed E-state index contributed by atoms with van der Waals surface area (Å²) in [6.07, 6.45) is 0. The van der Waals surface area contributed by atoms with E-state index in [9.17, 15) is 0 Å². The van der Waals surface area contributed by atoms with Gasteiger partial charge in [0.2, 0.25) is 0 Å². The van der Waals surface area contributed by atoms with Crippen LogP contribution < -0.4 is 11.1 Å². The summed E-state index contributed by atoms with van der Waals surface area (Å²) in [5, 5.41) is 3.76. The Kier molecular flexibility index (Phi) is 3.77. The van der Waals surface area contributed by atoms with E-state index >= 15 is 0 Å². The Morgan fingerprint density at radius 3 is 2.71 bits per heavy atom. The highest BCUT2D eigenvalue weighted by Gasteiger charge is 2.08. The number of halogens is 1. The van der Waals surface area contributed by atoms with Gasteiger partial charge in [0.05, 0.1) is 6.04 Å². The van der Waals surface area contributed by atoms with E-state index in [-0.39, 0.29) is 6.04 Å². The molecule has 1 rings (SSSR count). The van der Waals surface area contributed by atoms with Gasteiger partial charge in [-0.2, -0.15) is 0 Å². The standard InChI is InChI=1S/C10H14ClN3/c1-7(14-10(12)13-2)8-5-3-4-6-9(8)11/h3-7H,1-2H3,(H3,12,13,14)/t7-/m0/s1. The molecule has 0 heterocycles. The molecule has 1 atom stereocenters. The second-order valence-corrected chi connectivity index (χ2v) is 3.40. The van der Waals surface area contributed by atoms with E-state index in [1.54, 1.807) is 7.05 Å². The zero-order valence-corrected chi connectivity index (χ0v) is 9.05. The van der Waals surface area contributed by atoms with Gasteiger partial charge in [-0.1, -0.05) is 29.8 Å². The third-order valence-electron chi connectivity index (χ3n) is 1.98. The van der Waals surface area contributed by atoms with Crippen molar-refractivity contribution in [2.75, 3.05) is 7.05 Å². The number of rotatable bonds is 2. The minimum Gasteiger partial charge on any atom is -0.370 e. The van der Waals surface area contributed by atoms with Crippen LogP contribution in [-0.4, -0.2) is 13.0 Å². The summed E-state index contributed by atoms with van der Waals surface area (Å²) in [5.74, 6) is 0.414. The predicted octanol–water partition coefficient (Wildman–Crippen LogP) is 1.94. The molecule has 3 nitrogen and oxygen atoms in total. The molecular formula is C10H14ClN3. The molecule has 0 bridgehead atoms. The highest BCUT2D eigenvalue weighted by Crippen LogP contribution is 2.21. The lowest BCUT2D eigenvalue weighted by Crippen LogP contribution is -2.33.